The van der Waals surface area contributed by atoms with Crippen LogP contribution in [0.25, 0.3) is 0 Å². The highest BCUT2D eigenvalue weighted by atomic mass is 32.2. The van der Waals surface area contributed by atoms with Gasteiger partial charge in [-0.3, -0.25) is 14.3 Å². The molecule has 3 aromatic carbocycles. The number of amides is 2. The van der Waals surface area contributed by atoms with Gasteiger partial charge in [0, 0.05) is 23.7 Å². The van der Waals surface area contributed by atoms with Gasteiger partial charge in [-0.05, 0) is 79.4 Å². The number of rotatable bonds is 9. The quantitative estimate of drug-likeness (QED) is 0.389. The number of benzene rings is 3. The predicted octanol–water partition coefficient (Wildman–Crippen LogP) is 5.02. The third-order valence-electron chi connectivity index (χ3n) is 5.98. The molecule has 7 nitrogen and oxygen atoms in total. The molecule has 0 aliphatic heterocycles. The molecule has 35 heavy (non-hydrogen) atoms. The standard InChI is InChI=1S/C27H31N3O4S/c1-5-18(2)26(31)29-23-10-7-9-21(16-23)17-28-27(32)22-12-14-24(15-13-22)35(33,34)30-25-11-6-8-19(3)20(25)4/h6-16,18,30H,5,17H2,1-4H3,(H,28,32)(H,29,31). The fourth-order valence-corrected chi connectivity index (χ4v) is 4.47. The molecule has 3 aromatic rings. The Balaban J connectivity index is 1.63. The van der Waals surface area contributed by atoms with Crippen molar-refractivity contribution in [2.24, 2.45) is 5.92 Å². The molecule has 3 rings (SSSR count). The lowest BCUT2D eigenvalue weighted by molar-refractivity contribution is -0.119. The van der Waals surface area contributed by atoms with Crippen LogP contribution >= 0.6 is 0 Å². The first-order valence-electron chi connectivity index (χ1n) is 11.5. The molecule has 0 bridgehead atoms. The largest absolute Gasteiger partial charge is 0.348 e. The average Bonchev–Trinajstić information content (AvgIpc) is 2.85. The highest BCUT2D eigenvalue weighted by Crippen LogP contribution is 2.22. The van der Waals surface area contributed by atoms with Crippen molar-refractivity contribution in [2.75, 3.05) is 10.0 Å². The van der Waals surface area contributed by atoms with E-state index in [1.54, 1.807) is 18.2 Å². The summed E-state index contributed by atoms with van der Waals surface area (Å²) < 4.78 is 28.2. The maximum Gasteiger partial charge on any atom is 0.261 e. The van der Waals surface area contributed by atoms with Crippen LogP contribution in [0.3, 0.4) is 0 Å². The number of anilines is 2. The van der Waals surface area contributed by atoms with E-state index in [-0.39, 0.29) is 29.2 Å². The maximum atomic E-state index is 12.8. The molecule has 0 fully saturated rings. The zero-order chi connectivity index (χ0) is 25.6. The molecule has 0 spiro atoms. The summed E-state index contributed by atoms with van der Waals surface area (Å²) in [7, 11) is -3.79. The second-order valence-electron chi connectivity index (χ2n) is 8.56. The van der Waals surface area contributed by atoms with Gasteiger partial charge in [-0.15, -0.1) is 0 Å². The normalized spacial score (nSPS) is 12.0. The first kappa shape index (κ1) is 26.0. The van der Waals surface area contributed by atoms with Crippen LogP contribution in [0, 0.1) is 19.8 Å². The maximum absolute atomic E-state index is 12.8. The minimum absolute atomic E-state index is 0.0456. The zero-order valence-corrected chi connectivity index (χ0v) is 21.2. The van der Waals surface area contributed by atoms with Gasteiger partial charge in [-0.1, -0.05) is 38.1 Å². The second kappa shape index (κ2) is 11.2. The van der Waals surface area contributed by atoms with E-state index in [2.05, 4.69) is 15.4 Å². The lowest BCUT2D eigenvalue weighted by Gasteiger charge is -2.13. The summed E-state index contributed by atoms with van der Waals surface area (Å²) in [4.78, 5) is 24.8. The Morgan fingerprint density at radius 2 is 1.63 bits per heavy atom. The van der Waals surface area contributed by atoms with Gasteiger partial charge in [0.2, 0.25) is 5.91 Å². The highest BCUT2D eigenvalue weighted by molar-refractivity contribution is 7.92. The van der Waals surface area contributed by atoms with E-state index in [4.69, 9.17) is 0 Å². The molecule has 1 unspecified atom stereocenters. The van der Waals surface area contributed by atoms with Crippen LogP contribution in [-0.4, -0.2) is 20.2 Å². The lowest BCUT2D eigenvalue weighted by atomic mass is 10.1. The average molecular weight is 494 g/mol. The fourth-order valence-electron chi connectivity index (χ4n) is 3.35. The molecule has 0 saturated heterocycles. The number of hydrogen-bond donors (Lipinski definition) is 3. The summed E-state index contributed by atoms with van der Waals surface area (Å²) in [6.45, 7) is 7.87. The van der Waals surface area contributed by atoms with Crippen molar-refractivity contribution in [3.63, 3.8) is 0 Å². The minimum atomic E-state index is -3.79. The van der Waals surface area contributed by atoms with E-state index in [0.717, 1.165) is 23.1 Å². The third kappa shape index (κ3) is 6.70. The number of sulfonamides is 1. The van der Waals surface area contributed by atoms with Gasteiger partial charge in [-0.2, -0.15) is 0 Å². The van der Waals surface area contributed by atoms with Gasteiger partial charge >= 0.3 is 0 Å². The number of carbonyl (C=O) groups excluding carboxylic acids is 2. The van der Waals surface area contributed by atoms with Crippen LogP contribution in [0.1, 0.15) is 47.3 Å². The smallest absolute Gasteiger partial charge is 0.261 e. The summed E-state index contributed by atoms with van der Waals surface area (Å²) in [5.41, 5.74) is 4.22. The first-order chi connectivity index (χ1) is 16.6. The molecule has 0 radical (unpaired) electrons. The number of hydrogen-bond acceptors (Lipinski definition) is 4. The number of carbonyl (C=O) groups is 2. The Bertz CT molecular complexity index is 1320. The van der Waals surface area contributed by atoms with E-state index in [0.29, 0.717) is 16.9 Å². The number of aryl methyl sites for hydroxylation is 1. The predicted molar refractivity (Wildman–Crippen MR) is 139 cm³/mol. The van der Waals surface area contributed by atoms with Crippen molar-refractivity contribution in [2.45, 2.75) is 45.6 Å². The van der Waals surface area contributed by atoms with Gasteiger partial charge in [0.05, 0.1) is 10.6 Å². The summed E-state index contributed by atoms with van der Waals surface area (Å²) in [5.74, 6) is -0.456. The SMILES string of the molecule is CCC(C)C(=O)Nc1cccc(CNC(=O)c2ccc(S(=O)(=O)Nc3cccc(C)c3C)cc2)c1. The van der Waals surface area contributed by atoms with E-state index >= 15 is 0 Å². The van der Waals surface area contributed by atoms with Crippen LogP contribution in [0.4, 0.5) is 11.4 Å². The molecule has 2 amide bonds. The Morgan fingerprint density at radius 1 is 0.943 bits per heavy atom. The fraction of sp³-hybridized carbons (Fsp3) is 0.259. The first-order valence-corrected chi connectivity index (χ1v) is 13.0. The van der Waals surface area contributed by atoms with E-state index < -0.39 is 10.0 Å². The minimum Gasteiger partial charge on any atom is -0.348 e. The molecule has 3 N–H and O–H groups in total. The van der Waals surface area contributed by atoms with Gasteiger partial charge in [0.25, 0.3) is 15.9 Å². The Morgan fingerprint density at radius 3 is 2.31 bits per heavy atom. The second-order valence-corrected chi connectivity index (χ2v) is 10.2. The van der Waals surface area contributed by atoms with Crippen molar-refractivity contribution in [3.05, 3.63) is 89.0 Å². The molecule has 184 valence electrons. The van der Waals surface area contributed by atoms with Crippen molar-refractivity contribution < 1.29 is 18.0 Å². The van der Waals surface area contributed by atoms with Crippen molar-refractivity contribution >= 4 is 33.2 Å². The van der Waals surface area contributed by atoms with Gasteiger partial charge in [0.15, 0.2) is 0 Å². The van der Waals surface area contributed by atoms with E-state index in [1.807, 2.05) is 52.0 Å². The monoisotopic (exact) mass is 493 g/mol. The Kier molecular flexibility index (Phi) is 8.30. The van der Waals surface area contributed by atoms with Crippen molar-refractivity contribution in [1.29, 1.82) is 0 Å². The molecule has 0 saturated carbocycles. The zero-order valence-electron chi connectivity index (χ0n) is 20.4. The van der Waals surface area contributed by atoms with Crippen molar-refractivity contribution in [1.82, 2.24) is 5.32 Å². The van der Waals surface area contributed by atoms with Crippen LogP contribution in [0.2, 0.25) is 0 Å². The summed E-state index contributed by atoms with van der Waals surface area (Å²) in [6.07, 6.45) is 0.753. The molecular weight excluding hydrogens is 462 g/mol. The van der Waals surface area contributed by atoms with Crippen LogP contribution in [0.15, 0.2) is 71.6 Å². The highest BCUT2D eigenvalue weighted by Gasteiger charge is 2.17. The molecule has 0 heterocycles. The van der Waals surface area contributed by atoms with E-state index in [9.17, 15) is 18.0 Å². The van der Waals surface area contributed by atoms with Gasteiger partial charge in [0.1, 0.15) is 0 Å². The van der Waals surface area contributed by atoms with Crippen LogP contribution in [-0.2, 0) is 21.4 Å². The summed E-state index contributed by atoms with van der Waals surface area (Å²) >= 11 is 0. The lowest BCUT2D eigenvalue weighted by Crippen LogP contribution is -2.23. The van der Waals surface area contributed by atoms with Crippen molar-refractivity contribution in [3.8, 4) is 0 Å². The third-order valence-corrected chi connectivity index (χ3v) is 7.36. The van der Waals surface area contributed by atoms with E-state index in [1.165, 1.54) is 24.3 Å². The molecular formula is C27H31N3O4S. The molecule has 0 aliphatic carbocycles. The molecule has 1 atom stereocenters. The van der Waals surface area contributed by atoms with Crippen LogP contribution < -0.4 is 15.4 Å². The number of nitrogens with one attached hydrogen (secondary N) is 3. The van der Waals surface area contributed by atoms with Gasteiger partial charge in [-0.25, -0.2) is 8.42 Å². The Hall–Kier alpha value is -3.65. The Labute approximate surface area is 207 Å². The molecule has 0 aliphatic rings. The summed E-state index contributed by atoms with van der Waals surface area (Å²) in [5, 5.41) is 5.71. The molecule has 8 heteroatoms. The van der Waals surface area contributed by atoms with Crippen LogP contribution in [0.5, 0.6) is 0 Å². The molecule has 0 aromatic heterocycles. The topological polar surface area (TPSA) is 104 Å². The summed E-state index contributed by atoms with van der Waals surface area (Å²) in [6, 6.07) is 18.5. The van der Waals surface area contributed by atoms with Gasteiger partial charge < -0.3 is 10.6 Å².